The molecule has 0 bridgehead atoms. The van der Waals surface area contributed by atoms with E-state index < -0.39 is 0 Å². The molecule has 1 saturated carbocycles. The molecule has 0 spiro atoms. The van der Waals surface area contributed by atoms with Gasteiger partial charge in [-0.15, -0.1) is 0 Å². The fourth-order valence-corrected chi connectivity index (χ4v) is 3.57. The molecule has 1 aliphatic rings. The minimum absolute atomic E-state index is 0.887. The van der Waals surface area contributed by atoms with Crippen LogP contribution in [0.1, 0.15) is 44.6 Å². The standard InChI is InChI=1S/C17H26IN/c1-2-11-19-13-16-6-4-3-5-15(16)12-14-7-9-17(18)10-8-14/h7-10,15-16,19H,2-6,11-13H2,1H3. The van der Waals surface area contributed by atoms with Gasteiger partial charge in [-0.25, -0.2) is 0 Å². The minimum Gasteiger partial charge on any atom is -0.316 e. The molecule has 0 radical (unpaired) electrons. The molecular formula is C17H26IN. The van der Waals surface area contributed by atoms with Crippen molar-refractivity contribution in [2.75, 3.05) is 13.1 Å². The summed E-state index contributed by atoms with van der Waals surface area (Å²) < 4.78 is 1.34. The van der Waals surface area contributed by atoms with Crippen LogP contribution in [0.25, 0.3) is 0 Å². The quantitative estimate of drug-likeness (QED) is 0.568. The van der Waals surface area contributed by atoms with E-state index in [9.17, 15) is 0 Å². The lowest BCUT2D eigenvalue weighted by Crippen LogP contribution is -2.32. The van der Waals surface area contributed by atoms with Crippen molar-refractivity contribution in [3.8, 4) is 0 Å². The highest BCUT2D eigenvalue weighted by molar-refractivity contribution is 14.1. The summed E-state index contributed by atoms with van der Waals surface area (Å²) in [6.45, 7) is 4.65. The summed E-state index contributed by atoms with van der Waals surface area (Å²) in [7, 11) is 0. The lowest BCUT2D eigenvalue weighted by Gasteiger charge is -2.32. The number of halogens is 1. The normalized spacial score (nSPS) is 23.5. The second kappa shape index (κ2) is 8.25. The number of nitrogens with one attached hydrogen (secondary N) is 1. The molecule has 1 N–H and O–H groups in total. The zero-order chi connectivity index (χ0) is 13.5. The highest BCUT2D eigenvalue weighted by Gasteiger charge is 2.24. The summed E-state index contributed by atoms with van der Waals surface area (Å²) in [5.74, 6) is 1.78. The van der Waals surface area contributed by atoms with E-state index in [1.807, 2.05) is 0 Å². The first-order valence-corrected chi connectivity index (χ1v) is 8.82. The van der Waals surface area contributed by atoms with Crippen molar-refractivity contribution >= 4 is 22.6 Å². The topological polar surface area (TPSA) is 12.0 Å². The van der Waals surface area contributed by atoms with E-state index in [1.54, 1.807) is 0 Å². The molecule has 0 aliphatic heterocycles. The second-order valence-corrected chi connectivity index (χ2v) is 7.08. The first-order chi connectivity index (χ1) is 9.29. The van der Waals surface area contributed by atoms with E-state index in [0.717, 1.165) is 11.8 Å². The Morgan fingerprint density at radius 2 is 1.79 bits per heavy atom. The third kappa shape index (κ3) is 5.07. The maximum Gasteiger partial charge on any atom is 0.0130 e. The van der Waals surface area contributed by atoms with Crippen LogP contribution in [-0.2, 0) is 6.42 Å². The Balaban J connectivity index is 1.89. The van der Waals surface area contributed by atoms with E-state index in [1.165, 1.54) is 60.7 Å². The van der Waals surface area contributed by atoms with E-state index in [0.29, 0.717) is 0 Å². The van der Waals surface area contributed by atoms with Gasteiger partial charge in [0.1, 0.15) is 0 Å². The Morgan fingerprint density at radius 1 is 1.11 bits per heavy atom. The van der Waals surface area contributed by atoms with Gasteiger partial charge in [0.25, 0.3) is 0 Å². The lowest BCUT2D eigenvalue weighted by molar-refractivity contribution is 0.229. The van der Waals surface area contributed by atoms with Crippen LogP contribution in [0.4, 0.5) is 0 Å². The van der Waals surface area contributed by atoms with Crippen molar-refractivity contribution < 1.29 is 0 Å². The molecule has 2 rings (SSSR count). The van der Waals surface area contributed by atoms with Gasteiger partial charge in [0.15, 0.2) is 0 Å². The van der Waals surface area contributed by atoms with Crippen molar-refractivity contribution in [2.24, 2.45) is 11.8 Å². The van der Waals surface area contributed by atoms with Crippen LogP contribution in [0.5, 0.6) is 0 Å². The Labute approximate surface area is 131 Å². The molecular weight excluding hydrogens is 345 g/mol. The van der Waals surface area contributed by atoms with Gasteiger partial charge in [-0.3, -0.25) is 0 Å². The minimum atomic E-state index is 0.887. The fraction of sp³-hybridized carbons (Fsp3) is 0.647. The average Bonchev–Trinajstić information content (AvgIpc) is 2.43. The fourth-order valence-electron chi connectivity index (χ4n) is 3.21. The lowest BCUT2D eigenvalue weighted by atomic mass is 9.76. The van der Waals surface area contributed by atoms with Gasteiger partial charge in [0, 0.05) is 3.57 Å². The Kier molecular flexibility index (Phi) is 6.65. The summed E-state index contributed by atoms with van der Waals surface area (Å²) in [6.07, 6.45) is 8.22. The SMILES string of the molecule is CCCNCC1CCCCC1Cc1ccc(I)cc1. The second-order valence-electron chi connectivity index (χ2n) is 5.84. The van der Waals surface area contributed by atoms with Crippen LogP contribution in [-0.4, -0.2) is 13.1 Å². The van der Waals surface area contributed by atoms with Crippen LogP contribution in [0.3, 0.4) is 0 Å². The molecule has 2 unspecified atom stereocenters. The van der Waals surface area contributed by atoms with Gasteiger partial charge in [-0.2, -0.15) is 0 Å². The Hall–Kier alpha value is -0.0900. The summed E-state index contributed by atoms with van der Waals surface area (Å²) in [5, 5.41) is 3.63. The molecule has 1 fully saturated rings. The van der Waals surface area contributed by atoms with E-state index in [-0.39, 0.29) is 0 Å². The van der Waals surface area contributed by atoms with Crippen molar-refractivity contribution in [1.29, 1.82) is 0 Å². The van der Waals surface area contributed by atoms with Crippen LogP contribution >= 0.6 is 22.6 Å². The van der Waals surface area contributed by atoms with Gasteiger partial charge in [0.05, 0.1) is 0 Å². The van der Waals surface area contributed by atoms with Crippen LogP contribution in [0, 0.1) is 15.4 Å². The third-order valence-electron chi connectivity index (χ3n) is 4.31. The molecule has 1 nitrogen and oxygen atoms in total. The molecule has 1 aromatic rings. The summed E-state index contributed by atoms with van der Waals surface area (Å²) >= 11 is 2.38. The van der Waals surface area contributed by atoms with Crippen molar-refractivity contribution in [3.05, 3.63) is 33.4 Å². The maximum absolute atomic E-state index is 3.63. The molecule has 0 amide bonds. The summed E-state index contributed by atoms with van der Waals surface area (Å²) in [6, 6.07) is 9.10. The largest absolute Gasteiger partial charge is 0.316 e. The Morgan fingerprint density at radius 3 is 2.47 bits per heavy atom. The molecule has 1 aromatic carbocycles. The molecule has 19 heavy (non-hydrogen) atoms. The first-order valence-electron chi connectivity index (χ1n) is 7.74. The van der Waals surface area contributed by atoms with Gasteiger partial charge >= 0.3 is 0 Å². The van der Waals surface area contributed by atoms with Crippen LogP contribution in [0.2, 0.25) is 0 Å². The predicted molar refractivity (Wildman–Crippen MR) is 91.5 cm³/mol. The van der Waals surface area contributed by atoms with E-state index >= 15 is 0 Å². The van der Waals surface area contributed by atoms with Crippen LogP contribution in [0.15, 0.2) is 24.3 Å². The van der Waals surface area contributed by atoms with Gasteiger partial charge in [0.2, 0.25) is 0 Å². The summed E-state index contributed by atoms with van der Waals surface area (Å²) in [4.78, 5) is 0. The third-order valence-corrected chi connectivity index (χ3v) is 5.03. The molecule has 0 aromatic heterocycles. The number of benzene rings is 1. The molecule has 2 heteroatoms. The molecule has 1 aliphatic carbocycles. The molecule has 0 heterocycles. The monoisotopic (exact) mass is 371 g/mol. The molecule has 2 atom stereocenters. The zero-order valence-corrected chi connectivity index (χ0v) is 14.2. The van der Waals surface area contributed by atoms with Crippen molar-refractivity contribution in [3.63, 3.8) is 0 Å². The number of rotatable bonds is 6. The molecule has 106 valence electrons. The highest BCUT2D eigenvalue weighted by Crippen LogP contribution is 2.32. The number of hydrogen-bond acceptors (Lipinski definition) is 1. The van der Waals surface area contributed by atoms with Gasteiger partial charge in [-0.05, 0) is 90.9 Å². The predicted octanol–water partition coefficient (Wildman–Crippen LogP) is 4.64. The zero-order valence-electron chi connectivity index (χ0n) is 12.0. The van der Waals surface area contributed by atoms with Crippen LogP contribution < -0.4 is 5.32 Å². The molecule has 0 saturated heterocycles. The van der Waals surface area contributed by atoms with Crippen molar-refractivity contribution in [2.45, 2.75) is 45.4 Å². The average molecular weight is 371 g/mol. The Bertz CT molecular complexity index is 360. The maximum atomic E-state index is 3.63. The highest BCUT2D eigenvalue weighted by atomic mass is 127. The van der Waals surface area contributed by atoms with E-state index in [2.05, 4.69) is 59.1 Å². The summed E-state index contributed by atoms with van der Waals surface area (Å²) in [5.41, 5.74) is 1.52. The smallest absolute Gasteiger partial charge is 0.0130 e. The number of hydrogen-bond donors (Lipinski definition) is 1. The van der Waals surface area contributed by atoms with Crippen molar-refractivity contribution in [1.82, 2.24) is 5.32 Å². The first kappa shape index (κ1) is 15.3. The van der Waals surface area contributed by atoms with Gasteiger partial charge in [-0.1, -0.05) is 31.9 Å². The van der Waals surface area contributed by atoms with E-state index in [4.69, 9.17) is 0 Å². The van der Waals surface area contributed by atoms with Gasteiger partial charge < -0.3 is 5.32 Å².